The average molecular weight is 464 g/mol. The van der Waals surface area contributed by atoms with Gasteiger partial charge in [-0.05, 0) is 24.3 Å². The molecule has 15 heteroatoms. The molecule has 0 spiro atoms. The second-order valence-electron chi connectivity index (χ2n) is 6.47. The van der Waals surface area contributed by atoms with Gasteiger partial charge in [-0.3, -0.25) is 14.6 Å². The monoisotopic (exact) mass is 464 g/mol. The van der Waals surface area contributed by atoms with E-state index in [0.717, 1.165) is 28.3 Å². The van der Waals surface area contributed by atoms with E-state index in [9.17, 15) is 41.0 Å². The van der Waals surface area contributed by atoms with Crippen molar-refractivity contribution >= 4 is 18.0 Å². The van der Waals surface area contributed by atoms with Crippen molar-refractivity contribution in [2.45, 2.75) is 18.6 Å². The van der Waals surface area contributed by atoms with Crippen molar-refractivity contribution in [3.05, 3.63) is 41.7 Å². The minimum atomic E-state index is -5.02. The molecular weight excluding hydrogens is 450 g/mol. The Kier molecular flexibility index (Phi) is 6.23. The highest BCUT2D eigenvalue weighted by molar-refractivity contribution is 6.35. The zero-order valence-electron chi connectivity index (χ0n) is 15.8. The van der Waals surface area contributed by atoms with Crippen LogP contribution in [0, 0.1) is 0 Å². The standard InChI is InChI=1S/C17H14F6N6O3/c18-16(19,20)10-5-9(6-11(7-10)17(21,22)23)13-25-8-28(27-13)3-1-12(30)26-29-4-2-24-14(31)15(29)32/h1,3,5-8,12,26,30H,2,4H2,(H,24,31)/b3-1-. The molecule has 2 heterocycles. The summed E-state index contributed by atoms with van der Waals surface area (Å²) in [5.74, 6) is -2.20. The second kappa shape index (κ2) is 8.58. The maximum Gasteiger partial charge on any atom is 0.416 e. The van der Waals surface area contributed by atoms with E-state index >= 15 is 0 Å². The average Bonchev–Trinajstić information content (AvgIpc) is 3.17. The maximum absolute atomic E-state index is 13.0. The van der Waals surface area contributed by atoms with Gasteiger partial charge in [0.2, 0.25) is 0 Å². The fourth-order valence-corrected chi connectivity index (χ4v) is 2.64. The van der Waals surface area contributed by atoms with Gasteiger partial charge >= 0.3 is 24.2 Å². The highest BCUT2D eigenvalue weighted by Crippen LogP contribution is 2.38. The number of nitrogens with one attached hydrogen (secondary N) is 2. The SMILES string of the molecule is O=C1NCCN(NC(O)/C=C\n2cnc(-c3cc(C(F)(F)F)cc(C(F)(F)F)c3)n2)C1=O. The largest absolute Gasteiger partial charge is 0.416 e. The number of carbonyl (C=O) groups is 2. The van der Waals surface area contributed by atoms with Crippen LogP contribution in [0.25, 0.3) is 17.6 Å². The lowest BCUT2D eigenvalue weighted by Gasteiger charge is -2.28. The summed E-state index contributed by atoms with van der Waals surface area (Å²) in [5.41, 5.74) is -1.20. The summed E-state index contributed by atoms with van der Waals surface area (Å²) < 4.78 is 78.9. The molecule has 1 aromatic heterocycles. The molecule has 1 aromatic carbocycles. The smallest absolute Gasteiger partial charge is 0.373 e. The van der Waals surface area contributed by atoms with Gasteiger partial charge in [0.15, 0.2) is 5.82 Å². The molecule has 1 fully saturated rings. The van der Waals surface area contributed by atoms with E-state index in [1.165, 1.54) is 0 Å². The van der Waals surface area contributed by atoms with E-state index in [-0.39, 0.29) is 19.2 Å². The quantitative estimate of drug-likeness (QED) is 0.349. The van der Waals surface area contributed by atoms with Gasteiger partial charge in [0.05, 0.1) is 17.7 Å². The molecule has 1 atom stereocenters. The van der Waals surface area contributed by atoms with E-state index in [2.05, 4.69) is 20.8 Å². The van der Waals surface area contributed by atoms with Gasteiger partial charge in [-0.25, -0.2) is 9.67 Å². The molecule has 1 aliphatic heterocycles. The fourth-order valence-electron chi connectivity index (χ4n) is 2.64. The van der Waals surface area contributed by atoms with Gasteiger partial charge in [-0.15, -0.1) is 5.10 Å². The van der Waals surface area contributed by atoms with Gasteiger partial charge in [0, 0.05) is 18.3 Å². The highest BCUT2D eigenvalue weighted by Gasteiger charge is 2.37. The lowest BCUT2D eigenvalue weighted by Crippen LogP contribution is -2.59. The van der Waals surface area contributed by atoms with Gasteiger partial charge < -0.3 is 10.4 Å². The molecule has 0 bridgehead atoms. The number of rotatable bonds is 5. The number of aliphatic hydroxyl groups is 1. The van der Waals surface area contributed by atoms with Crippen LogP contribution in [0.3, 0.4) is 0 Å². The van der Waals surface area contributed by atoms with Crippen LogP contribution in [0.5, 0.6) is 0 Å². The number of halogens is 6. The van der Waals surface area contributed by atoms with E-state index in [1.54, 1.807) is 0 Å². The van der Waals surface area contributed by atoms with Crippen LogP contribution < -0.4 is 10.7 Å². The number of hydrazine groups is 1. The first-order chi connectivity index (χ1) is 14.8. The van der Waals surface area contributed by atoms with E-state index in [0.29, 0.717) is 12.1 Å². The van der Waals surface area contributed by atoms with Crippen LogP contribution in [0.4, 0.5) is 26.3 Å². The third kappa shape index (κ3) is 5.42. The highest BCUT2D eigenvalue weighted by atomic mass is 19.4. The third-order valence-corrected chi connectivity index (χ3v) is 4.12. The zero-order chi connectivity index (χ0) is 23.7. The number of hydrogen-bond acceptors (Lipinski definition) is 6. The van der Waals surface area contributed by atoms with Crippen LogP contribution in [-0.2, 0) is 21.9 Å². The molecule has 32 heavy (non-hydrogen) atoms. The summed E-state index contributed by atoms with van der Waals surface area (Å²) in [5, 5.41) is 16.9. The summed E-state index contributed by atoms with van der Waals surface area (Å²) >= 11 is 0. The summed E-state index contributed by atoms with van der Waals surface area (Å²) in [6.07, 6.45) is -8.35. The van der Waals surface area contributed by atoms with Crippen molar-refractivity contribution in [1.82, 2.24) is 30.5 Å². The molecule has 0 saturated carbocycles. The van der Waals surface area contributed by atoms with Crippen LogP contribution in [0.15, 0.2) is 30.6 Å². The number of carbonyl (C=O) groups excluding carboxylic acids is 2. The number of aliphatic hydroxyl groups excluding tert-OH is 1. The third-order valence-electron chi connectivity index (χ3n) is 4.12. The van der Waals surface area contributed by atoms with Gasteiger partial charge in [-0.1, -0.05) is 0 Å². The van der Waals surface area contributed by atoms with Crippen LogP contribution in [0.2, 0.25) is 0 Å². The Bertz CT molecular complexity index is 1020. The predicted molar refractivity (Wildman–Crippen MR) is 94.7 cm³/mol. The number of amides is 2. The molecule has 3 rings (SSSR count). The first-order valence-electron chi connectivity index (χ1n) is 8.78. The molecule has 0 radical (unpaired) electrons. The molecule has 1 unspecified atom stereocenters. The van der Waals surface area contributed by atoms with Crippen LogP contribution in [-0.4, -0.2) is 56.0 Å². The Morgan fingerprint density at radius 1 is 1.09 bits per heavy atom. The summed E-state index contributed by atoms with van der Waals surface area (Å²) in [4.78, 5) is 26.6. The predicted octanol–water partition coefficient (Wildman–Crippen LogP) is 1.23. The van der Waals surface area contributed by atoms with Gasteiger partial charge in [0.1, 0.15) is 12.6 Å². The number of piperazine rings is 1. The topological polar surface area (TPSA) is 112 Å². The Morgan fingerprint density at radius 3 is 2.31 bits per heavy atom. The number of hydrogen-bond donors (Lipinski definition) is 3. The molecule has 3 N–H and O–H groups in total. The molecule has 172 valence electrons. The molecular formula is C17H14F6N6O3. The fraction of sp³-hybridized carbons (Fsp3) is 0.294. The summed E-state index contributed by atoms with van der Waals surface area (Å²) in [6, 6.07) is 0.967. The Hall–Kier alpha value is -3.46. The minimum absolute atomic E-state index is 0.00935. The Labute approximate surface area is 175 Å². The van der Waals surface area contributed by atoms with E-state index in [1.807, 2.05) is 0 Å². The van der Waals surface area contributed by atoms with Gasteiger partial charge in [-0.2, -0.15) is 31.8 Å². The zero-order valence-corrected chi connectivity index (χ0v) is 15.8. The number of nitrogens with zero attached hydrogens (tertiary/aromatic N) is 4. The maximum atomic E-state index is 13.0. The number of aromatic nitrogens is 3. The Morgan fingerprint density at radius 2 is 1.72 bits per heavy atom. The van der Waals surface area contributed by atoms with Crippen molar-refractivity contribution in [3.8, 4) is 11.4 Å². The Balaban J connectivity index is 1.78. The molecule has 1 aliphatic rings. The van der Waals surface area contributed by atoms with Crippen molar-refractivity contribution in [2.75, 3.05) is 13.1 Å². The van der Waals surface area contributed by atoms with Crippen molar-refractivity contribution < 1.29 is 41.0 Å². The summed E-state index contributed by atoms with van der Waals surface area (Å²) in [7, 11) is 0. The lowest BCUT2D eigenvalue weighted by atomic mass is 10.0. The van der Waals surface area contributed by atoms with Crippen LogP contribution in [0.1, 0.15) is 11.1 Å². The normalized spacial score (nSPS) is 16.5. The van der Waals surface area contributed by atoms with Crippen molar-refractivity contribution in [2.24, 2.45) is 0 Å². The van der Waals surface area contributed by atoms with Crippen LogP contribution >= 0.6 is 0 Å². The second-order valence-corrected chi connectivity index (χ2v) is 6.47. The number of alkyl halides is 6. The number of benzene rings is 1. The first-order valence-corrected chi connectivity index (χ1v) is 8.78. The summed E-state index contributed by atoms with van der Waals surface area (Å²) in [6.45, 7) is 0.247. The molecule has 0 aliphatic carbocycles. The molecule has 1 saturated heterocycles. The molecule has 2 amide bonds. The van der Waals surface area contributed by atoms with E-state index < -0.39 is 52.9 Å². The van der Waals surface area contributed by atoms with E-state index in [4.69, 9.17) is 0 Å². The molecule has 2 aromatic rings. The first kappa shape index (κ1) is 23.2. The molecule has 9 nitrogen and oxygen atoms in total. The van der Waals surface area contributed by atoms with Gasteiger partial charge in [0.25, 0.3) is 0 Å². The minimum Gasteiger partial charge on any atom is -0.373 e. The lowest BCUT2D eigenvalue weighted by molar-refractivity contribution is -0.152. The van der Waals surface area contributed by atoms with Crippen molar-refractivity contribution in [1.29, 1.82) is 0 Å². The van der Waals surface area contributed by atoms with Crippen molar-refractivity contribution in [3.63, 3.8) is 0 Å².